The smallest absolute Gasteiger partial charge is 0.327 e. The fraction of sp³-hybridized carbons (Fsp3) is 0.308. The fourth-order valence-electron chi connectivity index (χ4n) is 2.09. The van der Waals surface area contributed by atoms with Gasteiger partial charge in [0.25, 0.3) is 0 Å². The molecular formula is C13H13N3O4. The SMILES string of the molecule is O=C(c1c([O-])on[n+]1-c1ccccc1)N1CCOCC1. The molecule has 0 spiro atoms. The topological polar surface area (TPSA) is 82.5 Å². The van der Waals surface area contributed by atoms with E-state index < -0.39 is 5.95 Å². The first-order chi connectivity index (χ1) is 9.77. The second-order valence-corrected chi connectivity index (χ2v) is 4.36. The summed E-state index contributed by atoms with van der Waals surface area (Å²) in [6.07, 6.45) is 0. The molecule has 3 rings (SSSR count). The first kappa shape index (κ1) is 12.6. The number of carbonyl (C=O) groups is 1. The zero-order valence-corrected chi connectivity index (χ0v) is 10.7. The van der Waals surface area contributed by atoms with E-state index in [2.05, 4.69) is 9.79 Å². The lowest BCUT2D eigenvalue weighted by Crippen LogP contribution is -2.47. The molecule has 1 aliphatic heterocycles. The molecule has 0 radical (unpaired) electrons. The third kappa shape index (κ3) is 2.23. The van der Waals surface area contributed by atoms with E-state index >= 15 is 0 Å². The normalized spacial score (nSPS) is 15.3. The number of nitrogens with zero attached hydrogens (tertiary/aromatic N) is 3. The maximum absolute atomic E-state index is 12.4. The number of rotatable bonds is 2. The van der Waals surface area contributed by atoms with Crippen LogP contribution in [-0.2, 0) is 4.74 Å². The average molecular weight is 275 g/mol. The zero-order chi connectivity index (χ0) is 13.9. The third-order valence-electron chi connectivity index (χ3n) is 3.11. The largest absolute Gasteiger partial charge is 0.538 e. The maximum Gasteiger partial charge on any atom is 0.327 e. The van der Waals surface area contributed by atoms with Gasteiger partial charge in [0, 0.05) is 25.2 Å². The molecule has 7 nitrogen and oxygen atoms in total. The highest BCUT2D eigenvalue weighted by atomic mass is 16.6. The molecule has 104 valence electrons. The number of aromatic nitrogens is 2. The number of amides is 1. The van der Waals surface area contributed by atoms with Gasteiger partial charge in [0.1, 0.15) is 0 Å². The van der Waals surface area contributed by atoms with E-state index in [9.17, 15) is 9.90 Å². The van der Waals surface area contributed by atoms with E-state index in [1.54, 1.807) is 29.2 Å². The van der Waals surface area contributed by atoms with Gasteiger partial charge in [-0.05, 0) is 4.68 Å². The molecule has 0 atom stereocenters. The van der Waals surface area contributed by atoms with E-state index in [0.29, 0.717) is 32.0 Å². The predicted octanol–water partition coefficient (Wildman–Crippen LogP) is -0.503. The van der Waals surface area contributed by atoms with Gasteiger partial charge in [-0.25, -0.2) is 0 Å². The second kappa shape index (κ2) is 5.30. The zero-order valence-electron chi connectivity index (χ0n) is 10.7. The summed E-state index contributed by atoms with van der Waals surface area (Å²) in [6, 6.07) is 8.93. The van der Waals surface area contributed by atoms with Gasteiger partial charge in [0.2, 0.25) is 5.69 Å². The molecule has 0 aliphatic carbocycles. The van der Waals surface area contributed by atoms with Crippen LogP contribution in [0, 0.1) is 0 Å². The maximum atomic E-state index is 12.4. The highest BCUT2D eigenvalue weighted by molar-refractivity contribution is 5.92. The molecule has 1 fully saturated rings. The van der Waals surface area contributed by atoms with E-state index in [-0.39, 0.29) is 11.6 Å². The molecule has 2 aromatic rings. The van der Waals surface area contributed by atoms with E-state index in [1.807, 2.05) is 6.07 Å². The van der Waals surface area contributed by atoms with E-state index in [0.717, 1.165) is 0 Å². The van der Waals surface area contributed by atoms with Gasteiger partial charge in [0.15, 0.2) is 5.95 Å². The number of morpholine rings is 1. The van der Waals surface area contributed by atoms with Crippen LogP contribution in [0.5, 0.6) is 5.95 Å². The molecule has 0 saturated carbocycles. The highest BCUT2D eigenvalue weighted by Crippen LogP contribution is 2.14. The number of benzene rings is 1. The van der Waals surface area contributed by atoms with Gasteiger partial charge in [-0.3, -0.25) is 4.79 Å². The van der Waals surface area contributed by atoms with Gasteiger partial charge in [-0.1, -0.05) is 18.2 Å². The summed E-state index contributed by atoms with van der Waals surface area (Å²) >= 11 is 0. The van der Waals surface area contributed by atoms with Crippen molar-refractivity contribution >= 4 is 5.91 Å². The molecular weight excluding hydrogens is 262 g/mol. The Bertz CT molecular complexity index is 605. The Kier molecular flexibility index (Phi) is 3.34. The second-order valence-electron chi connectivity index (χ2n) is 4.36. The Balaban J connectivity index is 1.97. The number of para-hydroxylation sites is 1. The van der Waals surface area contributed by atoms with Crippen LogP contribution in [0.2, 0.25) is 0 Å². The molecule has 1 aromatic heterocycles. The summed E-state index contributed by atoms with van der Waals surface area (Å²) in [4.78, 5) is 14.0. The Morgan fingerprint density at radius 1 is 1.25 bits per heavy atom. The van der Waals surface area contributed by atoms with Crippen LogP contribution in [0.15, 0.2) is 34.9 Å². The van der Waals surface area contributed by atoms with Gasteiger partial charge in [-0.15, -0.1) is 0 Å². The lowest BCUT2D eigenvalue weighted by molar-refractivity contribution is -0.672. The van der Waals surface area contributed by atoms with Crippen LogP contribution < -0.4 is 9.79 Å². The van der Waals surface area contributed by atoms with Crippen molar-refractivity contribution in [2.75, 3.05) is 26.3 Å². The highest BCUT2D eigenvalue weighted by Gasteiger charge is 2.32. The summed E-state index contributed by atoms with van der Waals surface area (Å²) < 4.78 is 11.1. The predicted molar refractivity (Wildman–Crippen MR) is 64.2 cm³/mol. The first-order valence-corrected chi connectivity index (χ1v) is 6.29. The van der Waals surface area contributed by atoms with E-state index in [1.165, 1.54) is 4.68 Å². The molecule has 7 heteroatoms. The summed E-state index contributed by atoms with van der Waals surface area (Å²) in [5.41, 5.74) is 0.521. The molecule has 20 heavy (non-hydrogen) atoms. The van der Waals surface area contributed by atoms with Gasteiger partial charge < -0.3 is 19.3 Å². The van der Waals surface area contributed by atoms with Crippen LogP contribution in [0.1, 0.15) is 10.5 Å². The number of ether oxygens (including phenoxy) is 1. The number of hydrogen-bond acceptors (Lipinski definition) is 5. The lowest BCUT2D eigenvalue weighted by atomic mass is 10.3. The van der Waals surface area contributed by atoms with Gasteiger partial charge in [-0.2, -0.15) is 0 Å². The van der Waals surface area contributed by atoms with Crippen LogP contribution in [-0.4, -0.2) is 42.4 Å². The summed E-state index contributed by atoms with van der Waals surface area (Å²) in [5, 5.41) is 15.4. The van der Waals surface area contributed by atoms with E-state index in [4.69, 9.17) is 4.74 Å². The standard InChI is InChI=1S/C13H13N3O4/c17-12(15-6-8-19-9-7-15)11-13(18)20-14-16(11)10-4-2-1-3-5-10/h1-5H,6-9H2. The Morgan fingerprint density at radius 2 is 1.95 bits per heavy atom. The van der Waals surface area contributed by atoms with Crippen molar-refractivity contribution in [2.45, 2.75) is 0 Å². The van der Waals surface area contributed by atoms with Crippen LogP contribution in [0.25, 0.3) is 5.69 Å². The van der Waals surface area contributed by atoms with Gasteiger partial charge >= 0.3 is 11.6 Å². The van der Waals surface area contributed by atoms with Crippen molar-refractivity contribution in [3.63, 3.8) is 0 Å². The van der Waals surface area contributed by atoms with Crippen molar-refractivity contribution in [1.82, 2.24) is 10.2 Å². The van der Waals surface area contributed by atoms with Crippen molar-refractivity contribution in [1.29, 1.82) is 0 Å². The molecule has 0 bridgehead atoms. The molecule has 1 amide bonds. The molecule has 1 aromatic carbocycles. The minimum absolute atomic E-state index is 0.0851. The fourth-order valence-corrected chi connectivity index (χ4v) is 2.09. The molecule has 0 unspecified atom stereocenters. The van der Waals surface area contributed by atoms with Crippen LogP contribution >= 0.6 is 0 Å². The number of carbonyl (C=O) groups excluding carboxylic acids is 1. The summed E-state index contributed by atoms with van der Waals surface area (Å²) in [6.45, 7) is 1.85. The Labute approximate surface area is 114 Å². The average Bonchev–Trinajstić information content (AvgIpc) is 2.90. The van der Waals surface area contributed by atoms with Crippen molar-refractivity contribution in [2.24, 2.45) is 0 Å². The molecule has 2 heterocycles. The quantitative estimate of drug-likeness (QED) is 0.690. The molecule has 1 aliphatic rings. The third-order valence-corrected chi connectivity index (χ3v) is 3.11. The molecule has 0 N–H and O–H groups in total. The summed E-state index contributed by atoms with van der Waals surface area (Å²) in [7, 11) is 0. The lowest BCUT2D eigenvalue weighted by Gasteiger charge is -2.25. The summed E-state index contributed by atoms with van der Waals surface area (Å²) in [5.74, 6) is -1.12. The van der Waals surface area contributed by atoms with Gasteiger partial charge in [0.05, 0.1) is 18.5 Å². The van der Waals surface area contributed by atoms with Crippen molar-refractivity contribution in [3.05, 3.63) is 36.0 Å². The molecule has 1 saturated heterocycles. The monoisotopic (exact) mass is 275 g/mol. The Hall–Kier alpha value is -2.41. The first-order valence-electron chi connectivity index (χ1n) is 6.29. The van der Waals surface area contributed by atoms with Crippen molar-refractivity contribution < 1.29 is 23.8 Å². The van der Waals surface area contributed by atoms with Crippen LogP contribution in [0.4, 0.5) is 0 Å². The van der Waals surface area contributed by atoms with Crippen LogP contribution in [0.3, 0.4) is 0 Å². The van der Waals surface area contributed by atoms with Crippen molar-refractivity contribution in [3.8, 4) is 11.6 Å². The minimum atomic E-state index is -0.731. The Morgan fingerprint density at radius 3 is 2.65 bits per heavy atom. The number of hydrogen-bond donors (Lipinski definition) is 0. The minimum Gasteiger partial charge on any atom is -0.538 e.